The Labute approximate surface area is 129 Å². The van der Waals surface area contributed by atoms with E-state index in [1.165, 1.54) is 6.42 Å². The van der Waals surface area contributed by atoms with E-state index in [2.05, 4.69) is 34.9 Å². The highest BCUT2D eigenvalue weighted by molar-refractivity contribution is 9.10. The fourth-order valence-electron chi connectivity index (χ4n) is 2.83. The Hall–Kier alpha value is -0.870. The van der Waals surface area contributed by atoms with Crippen molar-refractivity contribution >= 4 is 21.9 Å². The van der Waals surface area contributed by atoms with E-state index in [1.807, 2.05) is 18.2 Å². The van der Waals surface area contributed by atoms with Gasteiger partial charge in [-0.15, -0.1) is 0 Å². The zero-order chi connectivity index (χ0) is 14.5. The van der Waals surface area contributed by atoms with Gasteiger partial charge in [0.25, 0.3) is 0 Å². The molecule has 0 N–H and O–H groups in total. The molecular weight excluding hydrogens is 318 g/mol. The molecule has 1 aliphatic carbocycles. The molecule has 0 aromatic heterocycles. The third-order valence-electron chi connectivity index (χ3n) is 3.79. The van der Waals surface area contributed by atoms with Crippen molar-refractivity contribution in [1.29, 1.82) is 0 Å². The number of ether oxygens (including phenoxy) is 1. The summed E-state index contributed by atoms with van der Waals surface area (Å²) in [6.45, 7) is 0.980. The van der Waals surface area contributed by atoms with E-state index >= 15 is 0 Å². The molecule has 20 heavy (non-hydrogen) atoms. The molecule has 0 heterocycles. The highest BCUT2D eigenvalue weighted by Crippen LogP contribution is 2.29. The Bertz CT molecular complexity index is 462. The molecule has 2 atom stereocenters. The van der Waals surface area contributed by atoms with Crippen LogP contribution in [0.15, 0.2) is 28.7 Å². The molecule has 0 bridgehead atoms. The molecule has 1 aliphatic rings. The van der Waals surface area contributed by atoms with Gasteiger partial charge in [0.1, 0.15) is 6.10 Å². The number of esters is 1. The van der Waals surface area contributed by atoms with Crippen molar-refractivity contribution < 1.29 is 9.53 Å². The first-order valence-corrected chi connectivity index (χ1v) is 7.97. The molecule has 0 unspecified atom stereocenters. The number of hydrogen-bond donors (Lipinski definition) is 0. The van der Waals surface area contributed by atoms with Gasteiger partial charge in [0.2, 0.25) is 0 Å². The Kier molecular flexibility index (Phi) is 5.61. The smallest absolute Gasteiger partial charge is 0.339 e. The van der Waals surface area contributed by atoms with E-state index < -0.39 is 0 Å². The highest BCUT2D eigenvalue weighted by Gasteiger charge is 2.29. The van der Waals surface area contributed by atoms with Crippen LogP contribution in [0.3, 0.4) is 0 Å². The zero-order valence-corrected chi connectivity index (χ0v) is 13.7. The monoisotopic (exact) mass is 339 g/mol. The lowest BCUT2D eigenvalue weighted by molar-refractivity contribution is -0.00333. The second kappa shape index (κ2) is 7.23. The molecule has 3 nitrogen and oxygen atoms in total. The van der Waals surface area contributed by atoms with Gasteiger partial charge < -0.3 is 9.64 Å². The van der Waals surface area contributed by atoms with E-state index in [4.69, 9.17) is 4.74 Å². The van der Waals surface area contributed by atoms with Crippen LogP contribution in [-0.4, -0.2) is 37.6 Å². The second-order valence-electron chi connectivity index (χ2n) is 5.73. The normalized spacial score (nSPS) is 22.8. The summed E-state index contributed by atoms with van der Waals surface area (Å²) in [6.07, 6.45) is 4.56. The van der Waals surface area contributed by atoms with Gasteiger partial charge in [0.05, 0.1) is 5.56 Å². The molecule has 1 saturated carbocycles. The number of carbonyl (C=O) groups is 1. The summed E-state index contributed by atoms with van der Waals surface area (Å²) in [5, 5.41) is 0. The minimum Gasteiger partial charge on any atom is -0.458 e. The number of nitrogens with zero attached hydrogens (tertiary/aromatic N) is 1. The van der Waals surface area contributed by atoms with E-state index in [0.29, 0.717) is 11.5 Å². The molecule has 4 heteroatoms. The maximum absolute atomic E-state index is 12.3. The van der Waals surface area contributed by atoms with Crippen LogP contribution < -0.4 is 0 Å². The molecule has 110 valence electrons. The standard InChI is InChI=1S/C16H22BrNO2/c1-18(2)11-12-7-3-6-10-15(12)20-16(19)13-8-4-5-9-14(13)17/h4-5,8-9,12,15H,3,6-7,10-11H2,1-2H3/t12-,15+/m0/s1. The van der Waals surface area contributed by atoms with Crippen molar-refractivity contribution in [3.63, 3.8) is 0 Å². The fraction of sp³-hybridized carbons (Fsp3) is 0.562. The van der Waals surface area contributed by atoms with E-state index in [9.17, 15) is 4.79 Å². The Morgan fingerprint density at radius 1 is 1.30 bits per heavy atom. The fourth-order valence-corrected chi connectivity index (χ4v) is 3.28. The SMILES string of the molecule is CN(C)C[C@@H]1CCCC[C@H]1OC(=O)c1ccccc1Br. The minimum atomic E-state index is -0.215. The van der Waals surface area contributed by atoms with Crippen LogP contribution in [-0.2, 0) is 4.74 Å². The minimum absolute atomic E-state index is 0.0470. The summed E-state index contributed by atoms with van der Waals surface area (Å²) in [6, 6.07) is 7.43. The van der Waals surface area contributed by atoms with Crippen LogP contribution in [0.2, 0.25) is 0 Å². The number of carbonyl (C=O) groups excluding carboxylic acids is 1. The van der Waals surface area contributed by atoms with Gasteiger partial charge >= 0.3 is 5.97 Å². The molecule has 0 aliphatic heterocycles. The largest absolute Gasteiger partial charge is 0.458 e. The molecule has 1 aromatic carbocycles. The Morgan fingerprint density at radius 3 is 2.70 bits per heavy atom. The lowest BCUT2D eigenvalue weighted by atomic mass is 9.86. The number of benzene rings is 1. The first kappa shape index (κ1) is 15.5. The van der Waals surface area contributed by atoms with Gasteiger partial charge in [0.15, 0.2) is 0 Å². The van der Waals surface area contributed by atoms with Crippen LogP contribution in [0.5, 0.6) is 0 Å². The highest BCUT2D eigenvalue weighted by atomic mass is 79.9. The average molecular weight is 340 g/mol. The van der Waals surface area contributed by atoms with Crippen molar-refractivity contribution in [2.75, 3.05) is 20.6 Å². The van der Waals surface area contributed by atoms with Crippen molar-refractivity contribution in [2.24, 2.45) is 5.92 Å². The molecule has 0 spiro atoms. The Morgan fingerprint density at radius 2 is 2.00 bits per heavy atom. The lowest BCUT2D eigenvalue weighted by Gasteiger charge is -2.33. The zero-order valence-electron chi connectivity index (χ0n) is 12.1. The van der Waals surface area contributed by atoms with Crippen LogP contribution in [0.1, 0.15) is 36.0 Å². The van der Waals surface area contributed by atoms with E-state index in [0.717, 1.165) is 30.3 Å². The Balaban J connectivity index is 2.03. The number of rotatable bonds is 4. The quantitative estimate of drug-likeness (QED) is 0.783. The van der Waals surface area contributed by atoms with Crippen LogP contribution >= 0.6 is 15.9 Å². The van der Waals surface area contributed by atoms with Crippen LogP contribution in [0, 0.1) is 5.92 Å². The summed E-state index contributed by atoms with van der Waals surface area (Å²) in [5.74, 6) is 0.235. The summed E-state index contributed by atoms with van der Waals surface area (Å²) in [4.78, 5) is 14.5. The lowest BCUT2D eigenvalue weighted by Crippen LogP contribution is -2.36. The molecule has 0 radical (unpaired) electrons. The second-order valence-corrected chi connectivity index (χ2v) is 6.58. The van der Waals surface area contributed by atoms with E-state index in [-0.39, 0.29) is 12.1 Å². The van der Waals surface area contributed by atoms with Gasteiger partial charge in [-0.1, -0.05) is 18.6 Å². The van der Waals surface area contributed by atoms with Gasteiger partial charge in [-0.05, 0) is 61.4 Å². The first-order valence-electron chi connectivity index (χ1n) is 7.18. The summed E-state index contributed by atoms with van der Waals surface area (Å²) >= 11 is 3.41. The van der Waals surface area contributed by atoms with E-state index in [1.54, 1.807) is 6.07 Å². The molecular formula is C16H22BrNO2. The summed E-state index contributed by atoms with van der Waals surface area (Å²) in [7, 11) is 4.14. The van der Waals surface area contributed by atoms with Crippen LogP contribution in [0.4, 0.5) is 0 Å². The maximum atomic E-state index is 12.3. The third kappa shape index (κ3) is 4.06. The first-order chi connectivity index (χ1) is 9.58. The van der Waals surface area contributed by atoms with Crippen LogP contribution in [0.25, 0.3) is 0 Å². The third-order valence-corrected chi connectivity index (χ3v) is 4.48. The van der Waals surface area contributed by atoms with Gasteiger partial charge in [-0.25, -0.2) is 4.79 Å². The van der Waals surface area contributed by atoms with Gasteiger partial charge in [-0.2, -0.15) is 0 Å². The van der Waals surface area contributed by atoms with Crippen molar-refractivity contribution in [3.8, 4) is 0 Å². The topological polar surface area (TPSA) is 29.5 Å². The molecule has 1 fully saturated rings. The molecule has 0 amide bonds. The summed E-state index contributed by atoms with van der Waals surface area (Å²) in [5.41, 5.74) is 0.613. The molecule has 1 aromatic rings. The summed E-state index contributed by atoms with van der Waals surface area (Å²) < 4.78 is 6.57. The average Bonchev–Trinajstić information content (AvgIpc) is 2.41. The molecule has 0 saturated heterocycles. The number of hydrogen-bond acceptors (Lipinski definition) is 3. The van der Waals surface area contributed by atoms with Gasteiger partial charge in [-0.3, -0.25) is 0 Å². The number of halogens is 1. The maximum Gasteiger partial charge on any atom is 0.339 e. The van der Waals surface area contributed by atoms with Crippen molar-refractivity contribution in [1.82, 2.24) is 4.90 Å². The predicted molar refractivity (Wildman–Crippen MR) is 83.9 cm³/mol. The van der Waals surface area contributed by atoms with Gasteiger partial charge in [0, 0.05) is 16.9 Å². The molecule has 2 rings (SSSR count). The predicted octanol–water partition coefficient (Wildman–Crippen LogP) is 3.73. The van der Waals surface area contributed by atoms with Crippen molar-refractivity contribution in [3.05, 3.63) is 34.3 Å². The van der Waals surface area contributed by atoms with Crippen molar-refractivity contribution in [2.45, 2.75) is 31.8 Å².